The fourth-order valence-corrected chi connectivity index (χ4v) is 2.53. The third kappa shape index (κ3) is 2.30. The lowest BCUT2D eigenvalue weighted by Gasteiger charge is -2.42. The molecule has 0 bridgehead atoms. The van der Waals surface area contributed by atoms with Crippen LogP contribution in [0.1, 0.15) is 44.1 Å². The van der Waals surface area contributed by atoms with Crippen LogP contribution in [0.4, 0.5) is 5.82 Å². The summed E-state index contributed by atoms with van der Waals surface area (Å²) in [5, 5.41) is 2.96. The van der Waals surface area contributed by atoms with E-state index < -0.39 is 5.41 Å². The van der Waals surface area contributed by atoms with Gasteiger partial charge in [-0.2, -0.15) is 0 Å². The Hall–Kier alpha value is -1.49. The minimum atomic E-state index is -0.404. The Labute approximate surface area is 119 Å². The van der Waals surface area contributed by atoms with E-state index in [4.69, 9.17) is 4.74 Å². The summed E-state index contributed by atoms with van der Waals surface area (Å²) in [5.74, 6) is 2.16. The Morgan fingerprint density at radius 3 is 2.60 bits per heavy atom. The minimum absolute atomic E-state index is 0.0126. The van der Waals surface area contributed by atoms with E-state index in [0.29, 0.717) is 30.8 Å². The van der Waals surface area contributed by atoms with E-state index in [1.165, 1.54) is 12.8 Å². The highest BCUT2D eigenvalue weighted by atomic mass is 16.5. The summed E-state index contributed by atoms with van der Waals surface area (Å²) >= 11 is 0. The van der Waals surface area contributed by atoms with Gasteiger partial charge in [0.25, 0.3) is 0 Å². The lowest BCUT2D eigenvalue weighted by atomic mass is 9.74. The van der Waals surface area contributed by atoms with Crippen molar-refractivity contribution in [2.75, 3.05) is 18.5 Å². The van der Waals surface area contributed by atoms with Crippen molar-refractivity contribution in [2.24, 2.45) is 11.3 Å². The van der Waals surface area contributed by atoms with Gasteiger partial charge < -0.3 is 10.1 Å². The number of amides is 1. The first-order chi connectivity index (χ1) is 9.51. The molecule has 2 aliphatic rings. The predicted molar refractivity (Wildman–Crippen MR) is 75.5 cm³/mol. The molecule has 108 valence electrons. The Balaban J connectivity index is 1.78. The zero-order valence-corrected chi connectivity index (χ0v) is 12.3. The SMILES string of the molecule is Cc1nc(NC(=O)C2(C(C)C)COC2)cc(C2CC2)n1. The van der Waals surface area contributed by atoms with E-state index in [2.05, 4.69) is 29.1 Å². The van der Waals surface area contributed by atoms with Gasteiger partial charge >= 0.3 is 0 Å². The molecule has 1 aliphatic heterocycles. The molecule has 0 aromatic carbocycles. The van der Waals surface area contributed by atoms with Crippen molar-refractivity contribution in [3.8, 4) is 0 Å². The van der Waals surface area contributed by atoms with Crippen LogP contribution in [0.25, 0.3) is 0 Å². The molecule has 5 heteroatoms. The first kappa shape index (κ1) is 13.5. The highest BCUT2D eigenvalue weighted by Crippen LogP contribution is 2.40. The van der Waals surface area contributed by atoms with Crippen molar-refractivity contribution in [3.63, 3.8) is 0 Å². The van der Waals surface area contributed by atoms with E-state index in [1.807, 2.05) is 13.0 Å². The highest BCUT2D eigenvalue weighted by Gasteiger charge is 2.48. The van der Waals surface area contributed by atoms with Gasteiger partial charge in [0.1, 0.15) is 11.6 Å². The fraction of sp³-hybridized carbons (Fsp3) is 0.667. The molecule has 0 spiro atoms. The number of carbonyl (C=O) groups is 1. The molecule has 1 aromatic heterocycles. The molecule has 0 radical (unpaired) electrons. The third-order valence-corrected chi connectivity index (χ3v) is 4.37. The second-order valence-electron chi connectivity index (χ2n) is 6.26. The number of anilines is 1. The zero-order chi connectivity index (χ0) is 14.3. The zero-order valence-electron chi connectivity index (χ0n) is 12.3. The van der Waals surface area contributed by atoms with Gasteiger partial charge in [-0.05, 0) is 25.7 Å². The number of carbonyl (C=O) groups excluding carboxylic acids is 1. The van der Waals surface area contributed by atoms with Crippen molar-refractivity contribution < 1.29 is 9.53 Å². The largest absolute Gasteiger partial charge is 0.379 e. The van der Waals surface area contributed by atoms with Gasteiger partial charge in [0.2, 0.25) is 5.91 Å². The van der Waals surface area contributed by atoms with Gasteiger partial charge in [-0.25, -0.2) is 9.97 Å². The van der Waals surface area contributed by atoms with Gasteiger partial charge in [-0.3, -0.25) is 4.79 Å². The van der Waals surface area contributed by atoms with Gasteiger partial charge in [0.05, 0.1) is 18.6 Å². The number of ether oxygens (including phenoxy) is 1. The van der Waals surface area contributed by atoms with E-state index in [0.717, 1.165) is 5.69 Å². The van der Waals surface area contributed by atoms with E-state index in [1.54, 1.807) is 0 Å². The number of aryl methyl sites for hydroxylation is 1. The maximum atomic E-state index is 12.5. The molecule has 3 rings (SSSR count). The molecule has 20 heavy (non-hydrogen) atoms. The number of rotatable bonds is 4. The van der Waals surface area contributed by atoms with Crippen LogP contribution in [0.5, 0.6) is 0 Å². The summed E-state index contributed by atoms with van der Waals surface area (Å²) in [7, 11) is 0. The molecular formula is C15H21N3O2. The summed E-state index contributed by atoms with van der Waals surface area (Å²) < 4.78 is 5.26. The predicted octanol–water partition coefficient (Wildman–Crippen LogP) is 2.27. The van der Waals surface area contributed by atoms with Crippen molar-refractivity contribution in [1.29, 1.82) is 0 Å². The van der Waals surface area contributed by atoms with Crippen LogP contribution in [-0.4, -0.2) is 29.1 Å². The number of nitrogens with zero attached hydrogens (tertiary/aromatic N) is 2. The molecule has 1 N–H and O–H groups in total. The Morgan fingerprint density at radius 1 is 1.40 bits per heavy atom. The van der Waals surface area contributed by atoms with Crippen molar-refractivity contribution in [1.82, 2.24) is 9.97 Å². The van der Waals surface area contributed by atoms with Gasteiger partial charge in [0.15, 0.2) is 0 Å². The number of nitrogens with one attached hydrogen (secondary N) is 1. The van der Waals surface area contributed by atoms with Crippen LogP contribution < -0.4 is 5.32 Å². The molecule has 0 unspecified atom stereocenters. The Kier molecular flexibility index (Phi) is 3.24. The maximum Gasteiger partial charge on any atom is 0.236 e. The number of hydrogen-bond acceptors (Lipinski definition) is 4. The normalized spacial score (nSPS) is 20.6. The second-order valence-corrected chi connectivity index (χ2v) is 6.26. The quantitative estimate of drug-likeness (QED) is 0.915. The molecule has 1 saturated heterocycles. The standard InChI is InChI=1S/C15H21N3O2/c1-9(2)15(7-20-8-15)14(19)18-13-6-12(11-4-5-11)16-10(3)17-13/h6,9,11H,4-5,7-8H2,1-3H3,(H,16,17,18,19). The number of hydrogen-bond donors (Lipinski definition) is 1. The average Bonchev–Trinajstić information content (AvgIpc) is 3.08. The van der Waals surface area contributed by atoms with Gasteiger partial charge in [-0.15, -0.1) is 0 Å². The first-order valence-corrected chi connectivity index (χ1v) is 7.26. The van der Waals surface area contributed by atoms with E-state index in [9.17, 15) is 4.79 Å². The van der Waals surface area contributed by atoms with E-state index in [-0.39, 0.29) is 11.8 Å². The summed E-state index contributed by atoms with van der Waals surface area (Å²) in [6.45, 7) is 6.98. The molecule has 1 aliphatic carbocycles. The average molecular weight is 275 g/mol. The molecule has 0 atom stereocenters. The molecular weight excluding hydrogens is 254 g/mol. The molecule has 2 fully saturated rings. The molecule has 5 nitrogen and oxygen atoms in total. The Bertz CT molecular complexity index is 534. The summed E-state index contributed by atoms with van der Waals surface area (Å²) in [6.07, 6.45) is 2.38. The molecule has 1 amide bonds. The minimum Gasteiger partial charge on any atom is -0.379 e. The van der Waals surface area contributed by atoms with Gasteiger partial charge in [0, 0.05) is 17.7 Å². The van der Waals surface area contributed by atoms with Crippen LogP contribution in [0.3, 0.4) is 0 Å². The van der Waals surface area contributed by atoms with Crippen LogP contribution >= 0.6 is 0 Å². The van der Waals surface area contributed by atoms with Gasteiger partial charge in [-0.1, -0.05) is 13.8 Å². The van der Waals surface area contributed by atoms with Crippen LogP contribution in [0.2, 0.25) is 0 Å². The van der Waals surface area contributed by atoms with E-state index >= 15 is 0 Å². The number of aromatic nitrogens is 2. The van der Waals surface area contributed by atoms with Crippen molar-refractivity contribution in [2.45, 2.75) is 39.5 Å². The van der Waals surface area contributed by atoms with Crippen LogP contribution in [-0.2, 0) is 9.53 Å². The van der Waals surface area contributed by atoms with Crippen LogP contribution in [0, 0.1) is 18.3 Å². The molecule has 1 aromatic rings. The smallest absolute Gasteiger partial charge is 0.236 e. The fourth-order valence-electron chi connectivity index (χ4n) is 2.53. The van der Waals surface area contributed by atoms with Crippen LogP contribution in [0.15, 0.2) is 6.07 Å². The molecule has 2 heterocycles. The third-order valence-electron chi connectivity index (χ3n) is 4.37. The second kappa shape index (κ2) is 4.81. The maximum absolute atomic E-state index is 12.5. The summed E-state index contributed by atoms with van der Waals surface area (Å²) in [4.78, 5) is 21.3. The summed E-state index contributed by atoms with van der Waals surface area (Å²) in [6, 6.07) is 1.91. The lowest BCUT2D eigenvalue weighted by molar-refractivity contribution is -0.166. The lowest BCUT2D eigenvalue weighted by Crippen LogP contribution is -2.55. The highest BCUT2D eigenvalue weighted by molar-refractivity contribution is 5.95. The topological polar surface area (TPSA) is 64.1 Å². The van der Waals surface area contributed by atoms with Crippen molar-refractivity contribution >= 4 is 11.7 Å². The molecule has 1 saturated carbocycles. The summed E-state index contributed by atoms with van der Waals surface area (Å²) in [5.41, 5.74) is 0.648. The Morgan fingerprint density at radius 2 is 2.10 bits per heavy atom. The monoisotopic (exact) mass is 275 g/mol. The van der Waals surface area contributed by atoms with Crippen molar-refractivity contribution in [3.05, 3.63) is 17.6 Å². The first-order valence-electron chi connectivity index (χ1n) is 7.26.